The van der Waals surface area contributed by atoms with Crippen LogP contribution >= 0.6 is 0 Å². The van der Waals surface area contributed by atoms with E-state index in [1.807, 2.05) is 12.2 Å². The highest BCUT2D eigenvalue weighted by molar-refractivity contribution is 5.94. The molecule has 2 aliphatic heterocycles. The van der Waals surface area contributed by atoms with E-state index >= 15 is 0 Å². The van der Waals surface area contributed by atoms with Gasteiger partial charge < -0.3 is 68.3 Å². The first-order chi connectivity index (χ1) is 30.3. The molecule has 2 saturated heterocycles. The molecule has 4 heterocycles. The molecule has 2 aliphatic rings. The second-order valence-corrected chi connectivity index (χ2v) is 17.2. The first kappa shape index (κ1) is 48.3. The molecular weight excluding hydrogens is 837 g/mol. The van der Waals surface area contributed by atoms with E-state index in [2.05, 4.69) is 10.6 Å². The molecule has 0 radical (unpaired) electrons. The van der Waals surface area contributed by atoms with Gasteiger partial charge in [-0.25, -0.2) is 9.59 Å². The fourth-order valence-corrected chi connectivity index (χ4v) is 8.12. The fourth-order valence-electron chi connectivity index (χ4n) is 8.12. The lowest BCUT2D eigenvalue weighted by atomic mass is 9.89. The van der Waals surface area contributed by atoms with Crippen LogP contribution in [0.4, 0.5) is 11.4 Å². The molecule has 2 fully saturated rings. The number of ether oxygens (including phenoxy) is 6. The number of unbranched alkanes of at least 4 members (excludes halogenated alkanes) is 2. The predicted octanol–water partition coefficient (Wildman–Crippen LogP) is 4.49. The molecule has 2 amide bonds. The Balaban J connectivity index is 0.930. The molecule has 0 spiro atoms. The molecule has 0 aliphatic carbocycles. The summed E-state index contributed by atoms with van der Waals surface area (Å²) in [4.78, 5) is 51.2. The predicted molar refractivity (Wildman–Crippen MR) is 233 cm³/mol. The first-order valence-electron chi connectivity index (χ1n) is 21.1. The van der Waals surface area contributed by atoms with Crippen molar-refractivity contribution in [1.29, 1.82) is 0 Å². The van der Waals surface area contributed by atoms with Gasteiger partial charge in [-0.05, 0) is 104 Å². The number of hydrogen-bond acceptors (Lipinski definition) is 16. The lowest BCUT2D eigenvalue weighted by molar-refractivity contribution is -0.306. The van der Waals surface area contributed by atoms with Crippen LogP contribution in [0.5, 0.6) is 11.5 Å². The van der Waals surface area contributed by atoms with Gasteiger partial charge in [-0.15, -0.1) is 0 Å². The van der Waals surface area contributed by atoms with Crippen molar-refractivity contribution in [3.63, 3.8) is 0 Å². The monoisotopic (exact) mass is 894 g/mol. The first-order valence-corrected chi connectivity index (χ1v) is 21.1. The summed E-state index contributed by atoms with van der Waals surface area (Å²) in [6.45, 7) is 10.2. The highest BCUT2D eigenvalue weighted by Gasteiger charge is 2.52. The Labute approximate surface area is 369 Å². The molecule has 0 bridgehead atoms. The Hall–Kier alpha value is -5.18. The van der Waals surface area contributed by atoms with Crippen LogP contribution in [-0.4, -0.2) is 107 Å². The summed E-state index contributed by atoms with van der Waals surface area (Å²) in [7, 11) is 2.83. The number of nitrogens with one attached hydrogen (secondary N) is 2. The molecule has 18 heteroatoms. The van der Waals surface area contributed by atoms with Gasteiger partial charge in [0.15, 0.2) is 0 Å². The lowest BCUT2D eigenvalue weighted by Crippen LogP contribution is -2.63. The summed E-state index contributed by atoms with van der Waals surface area (Å²) in [6, 6.07) is 9.54. The third kappa shape index (κ3) is 10.5. The molecule has 64 heavy (non-hydrogen) atoms. The van der Waals surface area contributed by atoms with E-state index < -0.39 is 71.7 Å². The molecule has 4 aromatic rings. The maximum absolute atomic E-state index is 12.9. The third-order valence-electron chi connectivity index (χ3n) is 11.5. The minimum Gasteiger partial charge on any atom is -0.462 e. The van der Waals surface area contributed by atoms with Crippen molar-refractivity contribution in [2.45, 2.75) is 140 Å². The zero-order chi connectivity index (χ0) is 46.7. The van der Waals surface area contributed by atoms with Gasteiger partial charge in [-0.2, -0.15) is 0 Å². The second kappa shape index (κ2) is 19.9. The number of amides is 2. The number of anilines is 2. The standard InChI is InChI=1S/C46H58N2O16/c1-23-29(59-43-35(53)33(51)39(57-7)45(3,4)63-43)19-17-25-21-27(41(55)61-37(23)25)47-31(49)15-13-11-9-10-12-14-16-32(50)48-28-22-26-18-20-30(24(2)38(26)62-42(28)56)60-44-36(54)34(52)40(58-8)46(5,6)64-44/h9-10,17-22,33-36,39-40,43-44,51-54H,11-16H2,1-8H3,(H,47,49)(H,48,50)/b10-9+/t33-,34-,35+,36+,39+,40+,43+,44+/m0/s1. The number of hydrogen-bond donors (Lipinski definition) is 6. The van der Waals surface area contributed by atoms with Crippen molar-refractivity contribution in [2.75, 3.05) is 24.9 Å². The maximum Gasteiger partial charge on any atom is 0.360 e. The van der Waals surface area contributed by atoms with Crippen molar-refractivity contribution in [3.05, 3.63) is 80.5 Å². The molecule has 6 N–H and O–H groups in total. The van der Waals surface area contributed by atoms with Gasteiger partial charge in [-0.1, -0.05) is 12.2 Å². The number of benzene rings is 2. The van der Waals surface area contributed by atoms with Gasteiger partial charge in [0.2, 0.25) is 24.4 Å². The van der Waals surface area contributed by atoms with Crippen LogP contribution in [0.3, 0.4) is 0 Å². The molecule has 18 nitrogen and oxygen atoms in total. The van der Waals surface area contributed by atoms with E-state index in [4.69, 9.17) is 37.3 Å². The summed E-state index contributed by atoms with van der Waals surface area (Å²) in [5.74, 6) is -0.197. The number of rotatable bonds is 16. The SMILES string of the molecule is CO[C@@H]1[C@@H](O)[C@@H](O)[C@H](Oc2ccc3cc(NC(=O)CCC/C=C/CCCC(=O)Nc4cc5ccc(O[C@@H]6OC(C)(C)[C@H](OC)[C@@H](O)[C@H]6O)c(C)c5oc4=O)c(=O)oc3c2C)OC1(C)C. The number of aryl methyl sites for hydroxylation is 2. The van der Waals surface area contributed by atoms with Crippen LogP contribution in [0.15, 0.2) is 67.0 Å². The number of carbonyl (C=O) groups is 2. The van der Waals surface area contributed by atoms with Crippen LogP contribution in [0, 0.1) is 13.8 Å². The Morgan fingerprint density at radius 2 is 1.02 bits per heavy atom. The van der Waals surface area contributed by atoms with Gasteiger partial charge in [0.1, 0.15) is 70.7 Å². The van der Waals surface area contributed by atoms with Crippen molar-refractivity contribution in [3.8, 4) is 11.5 Å². The lowest BCUT2D eigenvalue weighted by Gasteiger charge is -2.46. The van der Waals surface area contributed by atoms with Crippen molar-refractivity contribution in [1.82, 2.24) is 0 Å². The Bertz CT molecular complexity index is 2310. The number of aliphatic hydroxyl groups excluding tert-OH is 4. The smallest absolute Gasteiger partial charge is 0.360 e. The Morgan fingerprint density at radius 1 is 0.641 bits per heavy atom. The van der Waals surface area contributed by atoms with Gasteiger partial charge in [0, 0.05) is 49.0 Å². The van der Waals surface area contributed by atoms with E-state index in [1.54, 1.807) is 65.8 Å². The van der Waals surface area contributed by atoms with Gasteiger partial charge in [-0.3, -0.25) is 9.59 Å². The summed E-state index contributed by atoms with van der Waals surface area (Å²) in [6.07, 6.45) is -3.12. The molecule has 0 saturated carbocycles. The van der Waals surface area contributed by atoms with Crippen molar-refractivity contribution in [2.24, 2.45) is 0 Å². The minimum absolute atomic E-state index is 0.0174. The van der Waals surface area contributed by atoms with E-state index in [1.165, 1.54) is 26.4 Å². The summed E-state index contributed by atoms with van der Waals surface area (Å²) in [5, 5.41) is 48.8. The van der Waals surface area contributed by atoms with E-state index in [-0.39, 0.29) is 58.7 Å². The number of carbonyl (C=O) groups excluding carboxylic acids is 2. The zero-order valence-corrected chi connectivity index (χ0v) is 37.2. The van der Waals surface area contributed by atoms with E-state index in [0.717, 1.165) is 0 Å². The molecule has 2 aromatic carbocycles. The van der Waals surface area contributed by atoms with Crippen LogP contribution in [-0.2, 0) is 28.5 Å². The maximum atomic E-state index is 12.9. The molecule has 348 valence electrons. The fraction of sp³-hybridized carbons (Fsp3) is 0.522. The number of allylic oxidation sites excluding steroid dienone is 2. The summed E-state index contributed by atoms with van der Waals surface area (Å²) >= 11 is 0. The zero-order valence-electron chi connectivity index (χ0n) is 37.2. The summed E-state index contributed by atoms with van der Waals surface area (Å²) in [5.41, 5.74) is -2.14. The van der Waals surface area contributed by atoms with Gasteiger partial charge >= 0.3 is 11.3 Å². The average molecular weight is 895 g/mol. The third-order valence-corrected chi connectivity index (χ3v) is 11.5. The molecule has 8 atom stereocenters. The van der Waals surface area contributed by atoms with Crippen molar-refractivity contribution < 1.29 is 67.3 Å². The number of fused-ring (bicyclic) bond motifs is 2. The van der Waals surface area contributed by atoms with Crippen LogP contribution in [0.1, 0.15) is 77.3 Å². The van der Waals surface area contributed by atoms with Gasteiger partial charge in [0.25, 0.3) is 0 Å². The number of methoxy groups -OCH3 is 2. The quantitative estimate of drug-likeness (QED) is 0.0515. The Morgan fingerprint density at radius 3 is 1.38 bits per heavy atom. The van der Waals surface area contributed by atoms with Gasteiger partial charge in [0.05, 0.1) is 11.2 Å². The van der Waals surface area contributed by atoms with E-state index in [0.29, 0.717) is 47.6 Å². The van der Waals surface area contributed by atoms with Crippen LogP contribution in [0.25, 0.3) is 21.9 Å². The topological polar surface area (TPSA) is 255 Å². The number of aliphatic hydroxyl groups is 4. The molecule has 2 aromatic heterocycles. The molecular formula is C46H58N2O16. The second-order valence-electron chi connectivity index (χ2n) is 17.2. The summed E-state index contributed by atoms with van der Waals surface area (Å²) < 4.78 is 45.5. The van der Waals surface area contributed by atoms with Crippen molar-refractivity contribution >= 4 is 45.1 Å². The van der Waals surface area contributed by atoms with Crippen LogP contribution < -0.4 is 31.4 Å². The highest BCUT2D eigenvalue weighted by Crippen LogP contribution is 2.37. The average Bonchev–Trinajstić information content (AvgIpc) is 3.23. The molecule has 0 unspecified atom stereocenters. The molecule has 6 rings (SSSR count). The minimum atomic E-state index is -1.41. The highest BCUT2D eigenvalue weighted by atomic mass is 16.7. The Kier molecular flexibility index (Phi) is 15.0. The largest absolute Gasteiger partial charge is 0.462 e. The normalized spacial score (nSPS) is 25.4. The van der Waals surface area contributed by atoms with Crippen LogP contribution in [0.2, 0.25) is 0 Å². The van der Waals surface area contributed by atoms with E-state index in [9.17, 15) is 39.6 Å².